The molecule has 2 aromatic rings. The number of carbonyl (C=O) groups is 1. The molecule has 6 nitrogen and oxygen atoms in total. The Morgan fingerprint density at radius 3 is 2.68 bits per heavy atom. The number of amides is 1. The van der Waals surface area contributed by atoms with Crippen LogP contribution in [0.4, 0.5) is 11.5 Å². The third kappa shape index (κ3) is 2.67. The Bertz CT molecular complexity index is 653. The lowest BCUT2D eigenvalue weighted by molar-refractivity contribution is -0.384. The number of pyridine rings is 1. The molecular weight excluding hydrogens is 246 g/mol. The van der Waals surface area contributed by atoms with E-state index in [1.54, 1.807) is 38.1 Å². The van der Waals surface area contributed by atoms with E-state index in [0.29, 0.717) is 10.9 Å². The number of anilines is 1. The number of rotatable bonds is 3. The Hall–Kier alpha value is -2.50. The minimum Gasteiger partial charge on any atom is -0.305 e. The average molecular weight is 259 g/mol. The number of aromatic nitrogens is 1. The smallest absolute Gasteiger partial charge is 0.305 e. The van der Waals surface area contributed by atoms with Gasteiger partial charge in [0, 0.05) is 17.4 Å². The molecule has 2 rings (SSSR count). The van der Waals surface area contributed by atoms with Crippen LogP contribution in [0.1, 0.15) is 13.8 Å². The Labute approximate surface area is 109 Å². The van der Waals surface area contributed by atoms with Gasteiger partial charge in [0.1, 0.15) is 0 Å². The fraction of sp³-hybridized carbons (Fsp3) is 0.231. The van der Waals surface area contributed by atoms with Gasteiger partial charge in [-0.15, -0.1) is 0 Å². The van der Waals surface area contributed by atoms with Gasteiger partial charge in [-0.1, -0.05) is 32.0 Å². The van der Waals surface area contributed by atoms with Crippen molar-refractivity contribution in [3.63, 3.8) is 0 Å². The molecule has 0 aliphatic rings. The molecule has 0 saturated carbocycles. The van der Waals surface area contributed by atoms with E-state index in [0.717, 1.165) is 0 Å². The predicted molar refractivity (Wildman–Crippen MR) is 71.9 cm³/mol. The number of carbonyl (C=O) groups excluding carboxylic acids is 1. The lowest BCUT2D eigenvalue weighted by Gasteiger charge is -2.08. The molecule has 0 spiro atoms. The van der Waals surface area contributed by atoms with Crippen LogP contribution in [-0.4, -0.2) is 15.8 Å². The predicted octanol–water partition coefficient (Wildman–Crippen LogP) is 2.74. The van der Waals surface area contributed by atoms with Gasteiger partial charge >= 0.3 is 5.69 Å². The van der Waals surface area contributed by atoms with Gasteiger partial charge < -0.3 is 5.32 Å². The maximum Gasteiger partial charge on any atom is 0.312 e. The highest BCUT2D eigenvalue weighted by Gasteiger charge is 2.19. The summed E-state index contributed by atoms with van der Waals surface area (Å²) in [4.78, 5) is 26.3. The van der Waals surface area contributed by atoms with Crippen molar-refractivity contribution in [2.45, 2.75) is 13.8 Å². The maximum atomic E-state index is 11.6. The van der Waals surface area contributed by atoms with Gasteiger partial charge in [-0.2, -0.15) is 0 Å². The average Bonchev–Trinajstić information content (AvgIpc) is 2.37. The summed E-state index contributed by atoms with van der Waals surface area (Å²) >= 11 is 0. The van der Waals surface area contributed by atoms with Crippen molar-refractivity contribution >= 4 is 28.3 Å². The number of nitrogens with zero attached hydrogens (tertiary/aromatic N) is 2. The minimum absolute atomic E-state index is 0.0117. The van der Waals surface area contributed by atoms with Crippen LogP contribution in [0.5, 0.6) is 0 Å². The standard InChI is InChI=1S/C13H13N3O3/c1-8(2)13(17)15-12-11(16(18)19)7-9-5-3-4-6-10(9)14-12/h3-8H,1-2H3,(H,14,15,17). The fourth-order valence-electron chi connectivity index (χ4n) is 1.60. The largest absolute Gasteiger partial charge is 0.312 e. The summed E-state index contributed by atoms with van der Waals surface area (Å²) in [6, 6.07) is 8.46. The molecule has 1 N–H and O–H groups in total. The molecule has 0 saturated heterocycles. The molecule has 0 aliphatic heterocycles. The van der Waals surface area contributed by atoms with Crippen molar-refractivity contribution in [3.8, 4) is 0 Å². The molecule has 0 radical (unpaired) electrons. The van der Waals surface area contributed by atoms with Crippen molar-refractivity contribution in [2.75, 3.05) is 5.32 Å². The van der Waals surface area contributed by atoms with E-state index in [4.69, 9.17) is 0 Å². The summed E-state index contributed by atoms with van der Waals surface area (Å²) in [7, 11) is 0. The van der Waals surface area contributed by atoms with Crippen LogP contribution in [0.3, 0.4) is 0 Å². The second-order valence-corrected chi connectivity index (χ2v) is 4.45. The highest BCUT2D eigenvalue weighted by Crippen LogP contribution is 2.27. The number of hydrogen-bond acceptors (Lipinski definition) is 4. The molecule has 19 heavy (non-hydrogen) atoms. The van der Waals surface area contributed by atoms with Gasteiger partial charge in [0.25, 0.3) is 0 Å². The molecule has 98 valence electrons. The molecule has 1 aromatic carbocycles. The first-order valence-corrected chi connectivity index (χ1v) is 5.84. The zero-order valence-corrected chi connectivity index (χ0v) is 10.6. The molecule has 0 atom stereocenters. The van der Waals surface area contributed by atoms with Gasteiger partial charge in [-0.05, 0) is 6.07 Å². The van der Waals surface area contributed by atoms with E-state index >= 15 is 0 Å². The molecule has 1 heterocycles. The van der Waals surface area contributed by atoms with Gasteiger partial charge in [0.15, 0.2) is 0 Å². The molecule has 0 bridgehead atoms. The van der Waals surface area contributed by atoms with E-state index in [1.807, 2.05) is 0 Å². The minimum atomic E-state index is -0.546. The number of para-hydroxylation sites is 1. The number of fused-ring (bicyclic) bond motifs is 1. The molecule has 1 aromatic heterocycles. The number of nitrogens with one attached hydrogen (secondary N) is 1. The Morgan fingerprint density at radius 2 is 2.05 bits per heavy atom. The Kier molecular flexibility index (Phi) is 3.41. The van der Waals surface area contributed by atoms with Crippen molar-refractivity contribution in [3.05, 3.63) is 40.4 Å². The summed E-state index contributed by atoms with van der Waals surface area (Å²) in [5.74, 6) is -0.582. The molecule has 0 unspecified atom stereocenters. The second-order valence-electron chi connectivity index (χ2n) is 4.45. The third-order valence-electron chi connectivity index (χ3n) is 2.67. The zero-order valence-electron chi connectivity index (χ0n) is 10.6. The van der Waals surface area contributed by atoms with E-state index < -0.39 is 4.92 Å². The summed E-state index contributed by atoms with van der Waals surface area (Å²) in [6.45, 7) is 3.42. The maximum absolute atomic E-state index is 11.6. The first-order chi connectivity index (χ1) is 8.99. The quantitative estimate of drug-likeness (QED) is 0.678. The summed E-state index contributed by atoms with van der Waals surface area (Å²) in [5.41, 5.74) is 0.403. The zero-order chi connectivity index (χ0) is 14.0. The van der Waals surface area contributed by atoms with E-state index in [9.17, 15) is 14.9 Å². The van der Waals surface area contributed by atoms with E-state index in [1.165, 1.54) is 6.07 Å². The van der Waals surface area contributed by atoms with Gasteiger partial charge in [-0.3, -0.25) is 14.9 Å². The Morgan fingerprint density at radius 1 is 1.37 bits per heavy atom. The number of nitro groups is 1. The van der Waals surface area contributed by atoms with E-state index in [2.05, 4.69) is 10.3 Å². The summed E-state index contributed by atoms with van der Waals surface area (Å²) in [6.07, 6.45) is 0. The highest BCUT2D eigenvalue weighted by molar-refractivity contribution is 5.95. The fourth-order valence-corrected chi connectivity index (χ4v) is 1.60. The van der Waals surface area contributed by atoms with Gasteiger partial charge in [0.05, 0.1) is 10.4 Å². The lowest BCUT2D eigenvalue weighted by Crippen LogP contribution is -2.19. The van der Waals surface area contributed by atoms with Crippen molar-refractivity contribution < 1.29 is 9.72 Å². The lowest BCUT2D eigenvalue weighted by atomic mass is 10.2. The first kappa shape index (κ1) is 12.9. The molecule has 6 heteroatoms. The van der Waals surface area contributed by atoms with Crippen LogP contribution in [-0.2, 0) is 4.79 Å². The van der Waals surface area contributed by atoms with Gasteiger partial charge in [0.2, 0.25) is 11.7 Å². The molecule has 1 amide bonds. The SMILES string of the molecule is CC(C)C(=O)Nc1nc2ccccc2cc1[N+](=O)[O-]. The topological polar surface area (TPSA) is 85.1 Å². The normalized spacial score (nSPS) is 10.7. The Balaban J connectivity index is 2.53. The van der Waals surface area contributed by atoms with Crippen molar-refractivity contribution in [1.29, 1.82) is 0 Å². The van der Waals surface area contributed by atoms with E-state index in [-0.39, 0.29) is 23.3 Å². The monoisotopic (exact) mass is 259 g/mol. The third-order valence-corrected chi connectivity index (χ3v) is 2.67. The molecule has 0 aliphatic carbocycles. The number of hydrogen-bond donors (Lipinski definition) is 1. The first-order valence-electron chi connectivity index (χ1n) is 5.84. The van der Waals surface area contributed by atoms with Crippen LogP contribution < -0.4 is 5.32 Å². The van der Waals surface area contributed by atoms with Crippen molar-refractivity contribution in [2.24, 2.45) is 5.92 Å². The summed E-state index contributed by atoms with van der Waals surface area (Å²) < 4.78 is 0. The van der Waals surface area contributed by atoms with Gasteiger partial charge in [-0.25, -0.2) is 4.98 Å². The van der Waals surface area contributed by atoms with Crippen LogP contribution >= 0.6 is 0 Å². The van der Waals surface area contributed by atoms with Crippen LogP contribution in [0.15, 0.2) is 30.3 Å². The van der Waals surface area contributed by atoms with Crippen molar-refractivity contribution in [1.82, 2.24) is 4.98 Å². The number of benzene rings is 1. The van der Waals surface area contributed by atoms with Crippen LogP contribution in [0, 0.1) is 16.0 Å². The second kappa shape index (κ2) is 5.01. The highest BCUT2D eigenvalue weighted by atomic mass is 16.6. The molecular formula is C13H13N3O3. The van der Waals surface area contributed by atoms with Crippen LogP contribution in [0.2, 0.25) is 0 Å². The molecule has 0 fully saturated rings. The van der Waals surface area contributed by atoms with Crippen LogP contribution in [0.25, 0.3) is 10.9 Å². The summed E-state index contributed by atoms with van der Waals surface area (Å²) in [5, 5.41) is 14.2.